The van der Waals surface area contributed by atoms with Crippen LogP contribution in [0, 0.1) is 10.1 Å². The molecule has 0 unspecified atom stereocenters. The molecule has 2 heterocycles. The summed E-state index contributed by atoms with van der Waals surface area (Å²) in [7, 11) is 0. The van der Waals surface area contributed by atoms with Gasteiger partial charge in [-0.1, -0.05) is 12.1 Å². The molecule has 1 fully saturated rings. The molecule has 7 heteroatoms. The molecule has 1 aliphatic rings. The zero-order chi connectivity index (χ0) is 16.8. The van der Waals surface area contributed by atoms with Crippen molar-refractivity contribution in [2.45, 2.75) is 0 Å². The van der Waals surface area contributed by atoms with Crippen LogP contribution in [0.4, 0.5) is 11.4 Å². The number of aromatic nitrogens is 1. The summed E-state index contributed by atoms with van der Waals surface area (Å²) in [6, 6.07) is 8.93. The van der Waals surface area contributed by atoms with Gasteiger partial charge < -0.3 is 10.1 Å². The van der Waals surface area contributed by atoms with Crippen molar-refractivity contribution in [2.75, 3.05) is 44.7 Å². The molecule has 1 saturated heterocycles. The molecular weight excluding hydrogens is 308 g/mol. The summed E-state index contributed by atoms with van der Waals surface area (Å²) in [4.78, 5) is 17.4. The van der Waals surface area contributed by atoms with Crippen molar-refractivity contribution >= 4 is 11.4 Å². The Bertz CT molecular complexity index is 687. The summed E-state index contributed by atoms with van der Waals surface area (Å²) in [5.74, 6) is 0. The van der Waals surface area contributed by atoms with E-state index in [0.717, 1.165) is 44.0 Å². The zero-order valence-electron chi connectivity index (χ0n) is 13.4. The van der Waals surface area contributed by atoms with Gasteiger partial charge in [-0.15, -0.1) is 0 Å². The number of nitrogens with one attached hydrogen (secondary N) is 1. The van der Waals surface area contributed by atoms with E-state index in [2.05, 4.69) is 15.2 Å². The lowest BCUT2D eigenvalue weighted by molar-refractivity contribution is -0.383. The number of ether oxygens (including phenoxy) is 1. The summed E-state index contributed by atoms with van der Waals surface area (Å²) in [5.41, 5.74) is 2.27. The summed E-state index contributed by atoms with van der Waals surface area (Å²) in [6.45, 7) is 4.81. The molecule has 1 N–H and O–H groups in total. The van der Waals surface area contributed by atoms with Crippen LogP contribution in [0.25, 0.3) is 11.1 Å². The molecule has 0 atom stereocenters. The van der Waals surface area contributed by atoms with E-state index in [-0.39, 0.29) is 10.6 Å². The van der Waals surface area contributed by atoms with Gasteiger partial charge in [0.25, 0.3) is 5.69 Å². The van der Waals surface area contributed by atoms with Gasteiger partial charge in [0.15, 0.2) is 0 Å². The number of nitro benzene ring substituents is 1. The van der Waals surface area contributed by atoms with Crippen molar-refractivity contribution in [3.63, 3.8) is 0 Å². The van der Waals surface area contributed by atoms with Gasteiger partial charge in [0, 0.05) is 50.2 Å². The highest BCUT2D eigenvalue weighted by molar-refractivity contribution is 5.73. The molecule has 2 aromatic rings. The predicted octanol–water partition coefficient (Wildman–Crippen LogP) is 2.40. The fourth-order valence-electron chi connectivity index (χ4n) is 2.72. The number of pyridine rings is 1. The highest BCUT2D eigenvalue weighted by atomic mass is 16.6. The number of anilines is 1. The normalized spacial score (nSPS) is 15.2. The maximum Gasteiger partial charge on any atom is 0.292 e. The van der Waals surface area contributed by atoms with Gasteiger partial charge in [0.1, 0.15) is 5.69 Å². The van der Waals surface area contributed by atoms with E-state index in [0.29, 0.717) is 12.2 Å². The molecule has 0 bridgehead atoms. The fourth-order valence-corrected chi connectivity index (χ4v) is 2.72. The Morgan fingerprint density at radius 1 is 1.25 bits per heavy atom. The minimum Gasteiger partial charge on any atom is -0.379 e. The summed E-state index contributed by atoms with van der Waals surface area (Å²) in [6.07, 6.45) is 3.38. The molecule has 1 aromatic heterocycles. The van der Waals surface area contributed by atoms with E-state index in [4.69, 9.17) is 4.74 Å². The molecule has 126 valence electrons. The quantitative estimate of drug-likeness (QED) is 0.648. The van der Waals surface area contributed by atoms with Gasteiger partial charge in [-0.25, -0.2) is 0 Å². The number of rotatable bonds is 6. The van der Waals surface area contributed by atoms with Crippen LogP contribution in [0.1, 0.15) is 0 Å². The van der Waals surface area contributed by atoms with Crippen molar-refractivity contribution in [1.29, 1.82) is 0 Å². The Balaban J connectivity index is 1.69. The minimum absolute atomic E-state index is 0.0818. The van der Waals surface area contributed by atoms with Gasteiger partial charge in [0.05, 0.1) is 18.1 Å². The van der Waals surface area contributed by atoms with E-state index >= 15 is 0 Å². The van der Waals surface area contributed by atoms with Gasteiger partial charge in [-0.2, -0.15) is 0 Å². The second-order valence-corrected chi connectivity index (χ2v) is 5.61. The third kappa shape index (κ3) is 4.06. The topological polar surface area (TPSA) is 80.5 Å². The van der Waals surface area contributed by atoms with E-state index in [9.17, 15) is 10.1 Å². The lowest BCUT2D eigenvalue weighted by Crippen LogP contribution is -2.39. The van der Waals surface area contributed by atoms with E-state index in [1.165, 1.54) is 0 Å². The molecule has 1 aromatic carbocycles. The average Bonchev–Trinajstić information content (AvgIpc) is 2.63. The first kappa shape index (κ1) is 16.4. The molecule has 3 rings (SSSR count). The van der Waals surface area contributed by atoms with E-state index in [1.54, 1.807) is 24.5 Å². The first-order valence-electron chi connectivity index (χ1n) is 7.97. The molecule has 0 spiro atoms. The monoisotopic (exact) mass is 328 g/mol. The highest BCUT2D eigenvalue weighted by Crippen LogP contribution is 2.30. The Kier molecular flexibility index (Phi) is 5.35. The number of morpholine rings is 1. The Hall–Kier alpha value is -2.51. The first-order chi connectivity index (χ1) is 11.7. The number of hydrogen-bond donors (Lipinski definition) is 1. The van der Waals surface area contributed by atoms with Gasteiger partial charge in [-0.05, 0) is 17.7 Å². The second-order valence-electron chi connectivity index (χ2n) is 5.61. The number of nitro groups is 1. The fraction of sp³-hybridized carbons (Fsp3) is 0.353. The SMILES string of the molecule is O=[N+]([O-])c1cc(-c2cccnc2)ccc1NCCN1CCOCC1. The molecule has 0 radical (unpaired) electrons. The standard InChI is InChI=1S/C17H20N4O3/c22-21(23)17-12-14(15-2-1-5-18-13-15)3-4-16(17)19-6-7-20-8-10-24-11-9-20/h1-5,12-13,19H,6-11H2. The molecular formula is C17H20N4O3. The van der Waals surface area contributed by atoms with Crippen molar-refractivity contribution in [1.82, 2.24) is 9.88 Å². The third-order valence-corrected chi connectivity index (χ3v) is 4.04. The average molecular weight is 328 g/mol. The minimum atomic E-state index is -0.350. The van der Waals surface area contributed by atoms with Crippen molar-refractivity contribution in [3.8, 4) is 11.1 Å². The Morgan fingerprint density at radius 3 is 2.79 bits per heavy atom. The molecule has 7 nitrogen and oxygen atoms in total. The van der Waals surface area contributed by atoms with Gasteiger partial charge in [-0.3, -0.25) is 20.0 Å². The summed E-state index contributed by atoms with van der Waals surface area (Å²) < 4.78 is 5.31. The van der Waals surface area contributed by atoms with Crippen LogP contribution in [0.5, 0.6) is 0 Å². The molecule has 1 aliphatic heterocycles. The summed E-state index contributed by atoms with van der Waals surface area (Å²) in [5, 5.41) is 14.6. The van der Waals surface area contributed by atoms with E-state index in [1.807, 2.05) is 18.2 Å². The molecule has 0 aliphatic carbocycles. The maximum atomic E-state index is 11.4. The number of benzene rings is 1. The first-order valence-corrected chi connectivity index (χ1v) is 7.97. The predicted molar refractivity (Wildman–Crippen MR) is 92.1 cm³/mol. The Morgan fingerprint density at radius 2 is 2.08 bits per heavy atom. The number of nitrogens with zero attached hydrogens (tertiary/aromatic N) is 3. The largest absolute Gasteiger partial charge is 0.379 e. The van der Waals surface area contributed by atoms with E-state index < -0.39 is 0 Å². The molecule has 0 saturated carbocycles. The van der Waals surface area contributed by atoms with Crippen LogP contribution in [0.15, 0.2) is 42.7 Å². The zero-order valence-corrected chi connectivity index (χ0v) is 13.4. The number of hydrogen-bond acceptors (Lipinski definition) is 6. The van der Waals surface area contributed by atoms with Crippen LogP contribution in [0.2, 0.25) is 0 Å². The molecule has 24 heavy (non-hydrogen) atoms. The van der Waals surface area contributed by atoms with Crippen molar-refractivity contribution in [3.05, 3.63) is 52.8 Å². The second kappa shape index (κ2) is 7.85. The van der Waals surface area contributed by atoms with Crippen LogP contribution >= 0.6 is 0 Å². The van der Waals surface area contributed by atoms with Crippen LogP contribution in [0.3, 0.4) is 0 Å². The van der Waals surface area contributed by atoms with Crippen molar-refractivity contribution in [2.24, 2.45) is 0 Å². The highest BCUT2D eigenvalue weighted by Gasteiger charge is 2.16. The molecule has 0 amide bonds. The lowest BCUT2D eigenvalue weighted by Gasteiger charge is -2.26. The van der Waals surface area contributed by atoms with Crippen LogP contribution < -0.4 is 5.32 Å². The smallest absolute Gasteiger partial charge is 0.292 e. The van der Waals surface area contributed by atoms with Crippen molar-refractivity contribution < 1.29 is 9.66 Å². The lowest BCUT2D eigenvalue weighted by atomic mass is 10.1. The maximum absolute atomic E-state index is 11.4. The summed E-state index contributed by atoms with van der Waals surface area (Å²) >= 11 is 0. The third-order valence-electron chi connectivity index (χ3n) is 4.04. The van der Waals surface area contributed by atoms with Crippen LogP contribution in [-0.2, 0) is 4.74 Å². The van der Waals surface area contributed by atoms with Gasteiger partial charge in [0.2, 0.25) is 0 Å². The van der Waals surface area contributed by atoms with Gasteiger partial charge >= 0.3 is 0 Å². The van der Waals surface area contributed by atoms with Crippen LogP contribution in [-0.4, -0.2) is 54.2 Å². The Labute approximate surface area is 140 Å².